The minimum absolute atomic E-state index is 0.00747. The lowest BCUT2D eigenvalue weighted by Crippen LogP contribution is -2.14. The van der Waals surface area contributed by atoms with Crippen molar-refractivity contribution in [3.8, 4) is 11.5 Å². The molecule has 0 fully saturated rings. The minimum Gasteiger partial charge on any atom is -0.504 e. The molecule has 0 aromatic heterocycles. The second-order valence-corrected chi connectivity index (χ2v) is 5.56. The highest BCUT2D eigenvalue weighted by molar-refractivity contribution is 5.44. The van der Waals surface area contributed by atoms with Crippen molar-refractivity contribution in [2.75, 3.05) is 6.54 Å². The Hall–Kier alpha value is -1.22. The van der Waals surface area contributed by atoms with Crippen LogP contribution >= 0.6 is 0 Å². The molecule has 1 aromatic rings. The van der Waals surface area contributed by atoms with Gasteiger partial charge in [-0.1, -0.05) is 51.7 Å². The molecule has 0 saturated heterocycles. The fourth-order valence-electron chi connectivity index (χ4n) is 2.10. The monoisotopic (exact) mass is 265 g/mol. The first kappa shape index (κ1) is 15.8. The van der Waals surface area contributed by atoms with Crippen molar-refractivity contribution in [1.29, 1.82) is 0 Å². The predicted molar refractivity (Wildman–Crippen MR) is 79.4 cm³/mol. The van der Waals surface area contributed by atoms with Crippen molar-refractivity contribution in [2.24, 2.45) is 5.92 Å². The number of phenols is 2. The second kappa shape index (κ2) is 8.81. The second-order valence-electron chi connectivity index (χ2n) is 5.56. The Kier molecular flexibility index (Phi) is 7.34. The van der Waals surface area contributed by atoms with Crippen LogP contribution in [0.3, 0.4) is 0 Å². The van der Waals surface area contributed by atoms with Crippen LogP contribution in [0.2, 0.25) is 0 Å². The molecule has 0 atom stereocenters. The van der Waals surface area contributed by atoms with Gasteiger partial charge in [0.25, 0.3) is 0 Å². The van der Waals surface area contributed by atoms with Crippen LogP contribution in [0.5, 0.6) is 11.5 Å². The van der Waals surface area contributed by atoms with Crippen LogP contribution in [0.15, 0.2) is 18.2 Å². The van der Waals surface area contributed by atoms with Crippen molar-refractivity contribution in [2.45, 2.75) is 52.5 Å². The van der Waals surface area contributed by atoms with Gasteiger partial charge in [-0.05, 0) is 24.9 Å². The van der Waals surface area contributed by atoms with Crippen LogP contribution in [0, 0.1) is 5.92 Å². The SMILES string of the molecule is CC(C)CCCCCCNCc1cccc(O)c1O. The average Bonchev–Trinajstić information content (AvgIpc) is 2.37. The molecule has 3 nitrogen and oxygen atoms in total. The van der Waals surface area contributed by atoms with E-state index in [1.807, 2.05) is 6.07 Å². The van der Waals surface area contributed by atoms with Gasteiger partial charge in [0.15, 0.2) is 11.5 Å². The van der Waals surface area contributed by atoms with Crippen LogP contribution in [-0.4, -0.2) is 16.8 Å². The van der Waals surface area contributed by atoms with Gasteiger partial charge in [0.2, 0.25) is 0 Å². The molecular formula is C16H27NO2. The summed E-state index contributed by atoms with van der Waals surface area (Å²) in [4.78, 5) is 0. The fourth-order valence-corrected chi connectivity index (χ4v) is 2.10. The van der Waals surface area contributed by atoms with Gasteiger partial charge in [0.1, 0.15) is 0 Å². The topological polar surface area (TPSA) is 52.5 Å². The van der Waals surface area contributed by atoms with Crippen molar-refractivity contribution < 1.29 is 10.2 Å². The number of phenolic OH excluding ortho intramolecular Hbond substituents is 2. The number of benzene rings is 1. The van der Waals surface area contributed by atoms with E-state index in [9.17, 15) is 10.2 Å². The number of nitrogens with one attached hydrogen (secondary N) is 1. The van der Waals surface area contributed by atoms with E-state index in [0.717, 1.165) is 24.4 Å². The molecule has 0 radical (unpaired) electrons. The van der Waals surface area contributed by atoms with Crippen LogP contribution in [0.4, 0.5) is 0 Å². The van der Waals surface area contributed by atoms with Crippen LogP contribution in [0.25, 0.3) is 0 Å². The summed E-state index contributed by atoms with van der Waals surface area (Å²) in [6.45, 7) is 6.09. The maximum atomic E-state index is 9.63. The normalized spacial score (nSPS) is 11.1. The van der Waals surface area contributed by atoms with Gasteiger partial charge in [0, 0.05) is 12.1 Å². The average molecular weight is 265 g/mol. The van der Waals surface area contributed by atoms with E-state index in [1.54, 1.807) is 6.07 Å². The molecule has 0 unspecified atom stereocenters. The quantitative estimate of drug-likeness (QED) is 0.470. The Balaban J connectivity index is 2.06. The number of para-hydroxylation sites is 1. The Morgan fingerprint density at radius 2 is 1.79 bits per heavy atom. The van der Waals surface area contributed by atoms with E-state index < -0.39 is 0 Å². The zero-order valence-corrected chi connectivity index (χ0v) is 12.2. The first-order chi connectivity index (χ1) is 9.11. The maximum absolute atomic E-state index is 9.63. The van der Waals surface area contributed by atoms with Crippen molar-refractivity contribution in [3.05, 3.63) is 23.8 Å². The lowest BCUT2D eigenvalue weighted by atomic mass is 10.0. The predicted octanol–water partition coefficient (Wildman–Crippen LogP) is 3.79. The third-order valence-electron chi connectivity index (χ3n) is 3.30. The number of unbranched alkanes of at least 4 members (excludes halogenated alkanes) is 3. The van der Waals surface area contributed by atoms with Gasteiger partial charge >= 0.3 is 0 Å². The molecule has 0 amide bonds. The van der Waals surface area contributed by atoms with Gasteiger partial charge in [-0.25, -0.2) is 0 Å². The van der Waals surface area contributed by atoms with E-state index in [-0.39, 0.29) is 11.5 Å². The van der Waals surface area contributed by atoms with Gasteiger partial charge in [0.05, 0.1) is 0 Å². The number of aromatic hydroxyl groups is 2. The number of hydrogen-bond acceptors (Lipinski definition) is 3. The lowest BCUT2D eigenvalue weighted by molar-refractivity contribution is 0.397. The third kappa shape index (κ3) is 6.48. The highest BCUT2D eigenvalue weighted by Gasteiger charge is 2.04. The number of hydrogen-bond donors (Lipinski definition) is 3. The van der Waals surface area contributed by atoms with Crippen molar-refractivity contribution in [1.82, 2.24) is 5.32 Å². The summed E-state index contributed by atoms with van der Waals surface area (Å²) >= 11 is 0. The Labute approximate surface area is 116 Å². The Morgan fingerprint density at radius 3 is 2.53 bits per heavy atom. The van der Waals surface area contributed by atoms with Gasteiger partial charge in [-0.3, -0.25) is 0 Å². The van der Waals surface area contributed by atoms with E-state index in [1.165, 1.54) is 31.7 Å². The molecule has 0 spiro atoms. The lowest BCUT2D eigenvalue weighted by Gasteiger charge is -2.08. The summed E-state index contributed by atoms with van der Waals surface area (Å²) in [6, 6.07) is 5.07. The largest absolute Gasteiger partial charge is 0.504 e. The van der Waals surface area contributed by atoms with E-state index in [2.05, 4.69) is 19.2 Å². The summed E-state index contributed by atoms with van der Waals surface area (Å²) in [7, 11) is 0. The van der Waals surface area contributed by atoms with Crippen LogP contribution < -0.4 is 5.32 Å². The van der Waals surface area contributed by atoms with E-state index >= 15 is 0 Å². The molecule has 0 saturated carbocycles. The molecule has 0 heterocycles. The van der Waals surface area contributed by atoms with Gasteiger partial charge in [-0.15, -0.1) is 0 Å². The summed E-state index contributed by atoms with van der Waals surface area (Å²) < 4.78 is 0. The van der Waals surface area contributed by atoms with Crippen molar-refractivity contribution in [3.63, 3.8) is 0 Å². The first-order valence-corrected chi connectivity index (χ1v) is 7.31. The molecule has 1 rings (SSSR count). The molecule has 3 heteroatoms. The molecule has 0 aliphatic carbocycles. The minimum atomic E-state index is -0.0482. The Bertz CT molecular complexity index is 364. The maximum Gasteiger partial charge on any atom is 0.161 e. The highest BCUT2D eigenvalue weighted by atomic mass is 16.3. The van der Waals surface area contributed by atoms with E-state index in [0.29, 0.717) is 6.54 Å². The molecule has 0 aliphatic rings. The summed E-state index contributed by atoms with van der Waals surface area (Å²) in [6.07, 6.45) is 6.37. The first-order valence-electron chi connectivity index (χ1n) is 7.31. The number of rotatable bonds is 9. The third-order valence-corrected chi connectivity index (χ3v) is 3.30. The van der Waals surface area contributed by atoms with Crippen molar-refractivity contribution >= 4 is 0 Å². The van der Waals surface area contributed by atoms with Crippen LogP contribution in [0.1, 0.15) is 51.5 Å². The summed E-state index contributed by atoms with van der Waals surface area (Å²) in [5.74, 6) is 0.756. The highest BCUT2D eigenvalue weighted by Crippen LogP contribution is 2.27. The van der Waals surface area contributed by atoms with Crippen LogP contribution in [-0.2, 0) is 6.54 Å². The zero-order chi connectivity index (χ0) is 14.1. The molecular weight excluding hydrogens is 238 g/mol. The Morgan fingerprint density at radius 1 is 1.05 bits per heavy atom. The smallest absolute Gasteiger partial charge is 0.161 e. The molecule has 108 valence electrons. The van der Waals surface area contributed by atoms with Gasteiger partial charge in [-0.2, -0.15) is 0 Å². The molecule has 1 aromatic carbocycles. The fraction of sp³-hybridized carbons (Fsp3) is 0.625. The van der Waals surface area contributed by atoms with E-state index in [4.69, 9.17) is 0 Å². The summed E-state index contributed by atoms with van der Waals surface area (Å²) in [5.41, 5.74) is 0.750. The van der Waals surface area contributed by atoms with Gasteiger partial charge < -0.3 is 15.5 Å². The zero-order valence-electron chi connectivity index (χ0n) is 12.2. The molecule has 3 N–H and O–H groups in total. The molecule has 0 bridgehead atoms. The molecule has 19 heavy (non-hydrogen) atoms. The summed E-state index contributed by atoms with van der Waals surface area (Å²) in [5, 5.41) is 22.3. The standard InChI is InChI=1S/C16H27NO2/c1-13(2)8-5-3-4-6-11-17-12-14-9-7-10-15(18)16(14)19/h7,9-10,13,17-19H,3-6,8,11-12H2,1-2H3. The molecule has 0 aliphatic heterocycles.